The Morgan fingerprint density at radius 2 is 2.00 bits per heavy atom. The Morgan fingerprint density at radius 1 is 1.40 bits per heavy atom. The second-order valence-electron chi connectivity index (χ2n) is 4.82. The van der Waals surface area contributed by atoms with Gasteiger partial charge in [-0.1, -0.05) is 26.7 Å². The predicted molar refractivity (Wildman–Crippen MR) is 64.1 cm³/mol. The van der Waals surface area contributed by atoms with Gasteiger partial charge >= 0.3 is 0 Å². The molecular weight excluding hydrogens is 210 g/mol. The molecule has 1 saturated carbocycles. The van der Waals surface area contributed by atoms with Crippen molar-refractivity contribution in [3.05, 3.63) is 0 Å². The number of hydrogen-bond donors (Lipinski definition) is 0. The molecule has 0 aromatic heterocycles. The van der Waals surface area contributed by atoms with E-state index in [4.69, 9.17) is 11.6 Å². The highest BCUT2D eigenvalue weighted by molar-refractivity contribution is 6.18. The summed E-state index contributed by atoms with van der Waals surface area (Å²) in [5.41, 5.74) is 0. The van der Waals surface area contributed by atoms with E-state index in [0.717, 1.165) is 6.54 Å². The van der Waals surface area contributed by atoms with Gasteiger partial charge < -0.3 is 4.90 Å². The molecule has 0 atom stereocenters. The molecule has 0 unspecified atom stereocenters. The molecule has 2 nitrogen and oxygen atoms in total. The van der Waals surface area contributed by atoms with Crippen LogP contribution in [0.5, 0.6) is 0 Å². The summed E-state index contributed by atoms with van der Waals surface area (Å²) in [4.78, 5) is 14.0. The topological polar surface area (TPSA) is 20.3 Å². The Morgan fingerprint density at radius 3 is 2.47 bits per heavy atom. The number of nitrogens with zero attached hydrogens (tertiary/aromatic N) is 1. The average molecular weight is 232 g/mol. The molecule has 1 aliphatic carbocycles. The first-order valence-electron chi connectivity index (χ1n) is 6.00. The molecular formula is C12H22ClNO. The smallest absolute Gasteiger partial charge is 0.224 e. The van der Waals surface area contributed by atoms with E-state index in [1.165, 1.54) is 25.7 Å². The van der Waals surface area contributed by atoms with Crippen LogP contribution in [-0.4, -0.2) is 29.3 Å². The number of carbonyl (C=O) groups excluding carboxylic acids is 1. The van der Waals surface area contributed by atoms with Crippen molar-refractivity contribution >= 4 is 17.5 Å². The summed E-state index contributed by atoms with van der Waals surface area (Å²) in [5.74, 6) is 1.23. The first kappa shape index (κ1) is 12.8. The van der Waals surface area contributed by atoms with Crippen LogP contribution < -0.4 is 0 Å². The van der Waals surface area contributed by atoms with Gasteiger partial charge in [-0.15, -0.1) is 11.6 Å². The molecule has 1 aliphatic rings. The number of carbonyl (C=O) groups is 1. The summed E-state index contributed by atoms with van der Waals surface area (Å²) in [6.07, 6.45) is 5.40. The van der Waals surface area contributed by atoms with Gasteiger partial charge in [-0.05, 0) is 18.8 Å². The molecule has 1 fully saturated rings. The van der Waals surface area contributed by atoms with Crippen LogP contribution in [0.15, 0.2) is 0 Å². The van der Waals surface area contributed by atoms with E-state index in [0.29, 0.717) is 24.3 Å². The van der Waals surface area contributed by atoms with Crippen molar-refractivity contribution in [1.82, 2.24) is 4.90 Å². The van der Waals surface area contributed by atoms with Crippen molar-refractivity contribution in [3.8, 4) is 0 Å². The minimum absolute atomic E-state index is 0.241. The monoisotopic (exact) mass is 231 g/mol. The van der Waals surface area contributed by atoms with Crippen LogP contribution in [0.4, 0.5) is 0 Å². The molecule has 0 bridgehead atoms. The van der Waals surface area contributed by atoms with E-state index in [9.17, 15) is 4.79 Å². The highest BCUT2D eigenvalue weighted by Gasteiger charge is 2.26. The minimum atomic E-state index is 0.241. The maximum atomic E-state index is 11.9. The van der Waals surface area contributed by atoms with E-state index in [-0.39, 0.29) is 5.91 Å². The van der Waals surface area contributed by atoms with Crippen molar-refractivity contribution in [2.45, 2.75) is 52.0 Å². The molecule has 0 aromatic rings. The van der Waals surface area contributed by atoms with Crippen LogP contribution in [0.1, 0.15) is 46.0 Å². The largest absolute Gasteiger partial charge is 0.339 e. The van der Waals surface area contributed by atoms with Crippen LogP contribution >= 0.6 is 11.6 Å². The van der Waals surface area contributed by atoms with E-state index in [1.54, 1.807) is 0 Å². The SMILES string of the molecule is CC(C)CN(C(=O)CCCl)C1CCCC1. The number of halogens is 1. The Kier molecular flexibility index (Phi) is 5.44. The molecule has 0 saturated heterocycles. The summed E-state index contributed by atoms with van der Waals surface area (Å²) in [6, 6.07) is 0.489. The van der Waals surface area contributed by atoms with Gasteiger partial charge in [0.25, 0.3) is 0 Å². The quantitative estimate of drug-likeness (QED) is 0.666. The summed E-state index contributed by atoms with van der Waals surface area (Å²) in [5, 5.41) is 0. The molecule has 0 N–H and O–H groups in total. The van der Waals surface area contributed by atoms with Gasteiger partial charge in [0, 0.05) is 24.9 Å². The van der Waals surface area contributed by atoms with Gasteiger partial charge in [0.05, 0.1) is 0 Å². The normalized spacial score (nSPS) is 17.3. The van der Waals surface area contributed by atoms with Crippen molar-refractivity contribution in [1.29, 1.82) is 0 Å². The third-order valence-corrected chi connectivity index (χ3v) is 3.14. The lowest BCUT2D eigenvalue weighted by Crippen LogP contribution is -2.41. The zero-order valence-electron chi connectivity index (χ0n) is 9.84. The maximum Gasteiger partial charge on any atom is 0.224 e. The molecule has 1 rings (SSSR count). The van der Waals surface area contributed by atoms with Crippen LogP contribution in [0, 0.1) is 5.92 Å². The molecule has 0 heterocycles. The van der Waals surface area contributed by atoms with Crippen molar-refractivity contribution in [3.63, 3.8) is 0 Å². The highest BCUT2D eigenvalue weighted by Crippen LogP contribution is 2.24. The van der Waals surface area contributed by atoms with E-state index in [2.05, 4.69) is 18.7 Å². The summed E-state index contributed by atoms with van der Waals surface area (Å²) in [6.45, 7) is 5.21. The van der Waals surface area contributed by atoms with E-state index < -0.39 is 0 Å². The Labute approximate surface area is 98.0 Å². The highest BCUT2D eigenvalue weighted by atomic mass is 35.5. The lowest BCUT2D eigenvalue weighted by Gasteiger charge is -2.30. The second kappa shape index (κ2) is 6.37. The van der Waals surface area contributed by atoms with E-state index in [1.807, 2.05) is 0 Å². The fourth-order valence-electron chi connectivity index (χ4n) is 2.29. The Balaban J connectivity index is 2.54. The number of amides is 1. The lowest BCUT2D eigenvalue weighted by atomic mass is 10.1. The number of hydrogen-bond acceptors (Lipinski definition) is 1. The molecule has 0 spiro atoms. The Bertz CT molecular complexity index is 200. The summed E-state index contributed by atoms with van der Waals surface area (Å²) in [7, 11) is 0. The van der Waals surface area contributed by atoms with Gasteiger partial charge in [0.2, 0.25) is 5.91 Å². The van der Waals surface area contributed by atoms with Gasteiger partial charge in [-0.3, -0.25) is 4.79 Å². The molecule has 1 amide bonds. The van der Waals surface area contributed by atoms with Gasteiger partial charge in [-0.2, -0.15) is 0 Å². The minimum Gasteiger partial charge on any atom is -0.339 e. The van der Waals surface area contributed by atoms with Gasteiger partial charge in [0.15, 0.2) is 0 Å². The first-order valence-corrected chi connectivity index (χ1v) is 6.54. The first-order chi connectivity index (χ1) is 7.15. The third kappa shape index (κ3) is 4.02. The summed E-state index contributed by atoms with van der Waals surface area (Å²) < 4.78 is 0. The molecule has 0 aliphatic heterocycles. The molecule has 3 heteroatoms. The lowest BCUT2D eigenvalue weighted by molar-refractivity contribution is -0.133. The fraction of sp³-hybridized carbons (Fsp3) is 0.917. The molecule has 0 radical (unpaired) electrons. The zero-order valence-corrected chi connectivity index (χ0v) is 10.6. The average Bonchev–Trinajstić information content (AvgIpc) is 2.66. The maximum absolute atomic E-state index is 11.9. The van der Waals surface area contributed by atoms with Crippen LogP contribution in [0.2, 0.25) is 0 Å². The van der Waals surface area contributed by atoms with Crippen molar-refractivity contribution < 1.29 is 4.79 Å². The summed E-state index contributed by atoms with van der Waals surface area (Å²) >= 11 is 5.64. The van der Waals surface area contributed by atoms with E-state index >= 15 is 0 Å². The third-order valence-electron chi connectivity index (χ3n) is 2.96. The van der Waals surface area contributed by atoms with Crippen molar-refractivity contribution in [2.24, 2.45) is 5.92 Å². The number of rotatable bonds is 5. The number of alkyl halides is 1. The second-order valence-corrected chi connectivity index (χ2v) is 5.20. The van der Waals surface area contributed by atoms with Crippen LogP contribution in [0.3, 0.4) is 0 Å². The molecule has 88 valence electrons. The van der Waals surface area contributed by atoms with Crippen LogP contribution in [-0.2, 0) is 4.79 Å². The molecule has 15 heavy (non-hydrogen) atoms. The fourth-order valence-corrected chi connectivity index (χ4v) is 2.45. The molecule has 0 aromatic carbocycles. The predicted octanol–water partition coefficient (Wildman–Crippen LogP) is 3.04. The van der Waals surface area contributed by atoms with Gasteiger partial charge in [0.1, 0.15) is 0 Å². The van der Waals surface area contributed by atoms with Gasteiger partial charge in [-0.25, -0.2) is 0 Å². The van der Waals surface area contributed by atoms with Crippen molar-refractivity contribution in [2.75, 3.05) is 12.4 Å². The van der Waals surface area contributed by atoms with Crippen LogP contribution in [0.25, 0.3) is 0 Å². The Hall–Kier alpha value is -0.240. The zero-order chi connectivity index (χ0) is 11.3. The standard InChI is InChI=1S/C12H22ClNO/c1-10(2)9-14(12(15)7-8-13)11-5-3-4-6-11/h10-11H,3-9H2,1-2H3.